The molecule has 2 heterocycles. The van der Waals surface area contributed by atoms with Crippen molar-refractivity contribution in [3.8, 4) is 22.8 Å². The van der Waals surface area contributed by atoms with Crippen LogP contribution in [-0.2, 0) is 4.74 Å². The Morgan fingerprint density at radius 2 is 1.70 bits per heavy atom. The smallest absolute Gasteiger partial charge is 0.235 e. The minimum Gasteiger partial charge on any atom is -0.502 e. The summed E-state index contributed by atoms with van der Waals surface area (Å²) in [6.07, 6.45) is -7.16. The van der Waals surface area contributed by atoms with Gasteiger partial charge in [-0.2, -0.15) is 0 Å². The molecule has 1 aliphatic heterocycles. The van der Waals surface area contributed by atoms with Gasteiger partial charge in [0.25, 0.3) is 0 Å². The maximum atomic E-state index is 12.5. The molecule has 1 saturated heterocycles. The van der Waals surface area contributed by atoms with Gasteiger partial charge in [0, 0.05) is 11.6 Å². The van der Waals surface area contributed by atoms with Gasteiger partial charge in [-0.15, -0.1) is 0 Å². The van der Waals surface area contributed by atoms with Crippen molar-refractivity contribution in [2.45, 2.75) is 30.7 Å². The molecule has 0 saturated carbocycles. The molecule has 1 fully saturated rings. The summed E-state index contributed by atoms with van der Waals surface area (Å²) in [6, 6.07) is 12.8. The molecule has 30 heavy (non-hydrogen) atoms. The topological polar surface area (TPSA) is 150 Å². The molecule has 5 atom stereocenters. The van der Waals surface area contributed by atoms with E-state index in [-0.39, 0.29) is 22.5 Å². The predicted molar refractivity (Wildman–Crippen MR) is 104 cm³/mol. The van der Waals surface area contributed by atoms with Gasteiger partial charge in [0.1, 0.15) is 35.7 Å². The van der Waals surface area contributed by atoms with Gasteiger partial charge in [0.15, 0.2) is 5.76 Å². The van der Waals surface area contributed by atoms with Gasteiger partial charge in [-0.1, -0.05) is 30.3 Å². The second kappa shape index (κ2) is 8.05. The maximum Gasteiger partial charge on any atom is 0.235 e. The van der Waals surface area contributed by atoms with E-state index in [1.807, 2.05) is 0 Å². The molecular formula is C21H20O9. The molecule has 1 aromatic heterocycles. The van der Waals surface area contributed by atoms with Crippen molar-refractivity contribution in [1.82, 2.24) is 0 Å². The second-order valence-electron chi connectivity index (χ2n) is 6.95. The van der Waals surface area contributed by atoms with Crippen LogP contribution < -0.4 is 10.2 Å². The van der Waals surface area contributed by atoms with Crippen molar-refractivity contribution in [3.63, 3.8) is 0 Å². The van der Waals surface area contributed by atoms with Crippen LogP contribution in [0.2, 0.25) is 0 Å². The molecule has 0 spiro atoms. The van der Waals surface area contributed by atoms with Crippen LogP contribution in [0.5, 0.6) is 11.5 Å². The van der Waals surface area contributed by atoms with Gasteiger partial charge in [-0.05, 0) is 12.1 Å². The van der Waals surface area contributed by atoms with Gasteiger partial charge in [0.05, 0.1) is 12.0 Å². The summed E-state index contributed by atoms with van der Waals surface area (Å²) >= 11 is 0. The molecule has 0 bridgehead atoms. The van der Waals surface area contributed by atoms with Crippen LogP contribution >= 0.6 is 0 Å². The monoisotopic (exact) mass is 416 g/mol. The van der Waals surface area contributed by atoms with Gasteiger partial charge in [-0.25, -0.2) is 0 Å². The Balaban J connectivity index is 1.69. The fourth-order valence-electron chi connectivity index (χ4n) is 3.32. The summed E-state index contributed by atoms with van der Waals surface area (Å²) in [6.45, 7) is -0.586. The third-order valence-electron chi connectivity index (χ3n) is 4.98. The molecule has 158 valence electrons. The minimum absolute atomic E-state index is 0.00177. The van der Waals surface area contributed by atoms with Crippen molar-refractivity contribution in [2.75, 3.05) is 6.61 Å². The second-order valence-corrected chi connectivity index (χ2v) is 6.95. The summed E-state index contributed by atoms with van der Waals surface area (Å²) in [7, 11) is 0. The Kier molecular flexibility index (Phi) is 5.46. The van der Waals surface area contributed by atoms with Crippen LogP contribution in [-0.4, -0.2) is 62.8 Å². The lowest BCUT2D eigenvalue weighted by Gasteiger charge is -2.39. The lowest BCUT2D eigenvalue weighted by molar-refractivity contribution is -0.277. The van der Waals surface area contributed by atoms with Crippen molar-refractivity contribution < 1.29 is 39.4 Å². The Hall–Kier alpha value is -2.95. The summed E-state index contributed by atoms with van der Waals surface area (Å²) in [5.41, 5.74) is 0.0162. The third-order valence-corrected chi connectivity index (χ3v) is 4.98. The quantitative estimate of drug-likeness (QED) is 0.406. The Bertz CT molecular complexity index is 1090. The molecule has 0 aliphatic carbocycles. The van der Waals surface area contributed by atoms with Gasteiger partial charge in [-0.3, -0.25) is 4.79 Å². The lowest BCUT2D eigenvalue weighted by Crippen LogP contribution is -2.60. The highest BCUT2D eigenvalue weighted by molar-refractivity contribution is 5.82. The largest absolute Gasteiger partial charge is 0.502 e. The third kappa shape index (κ3) is 3.53. The number of aliphatic hydroxyl groups is 4. The Labute approximate surface area is 170 Å². The summed E-state index contributed by atoms with van der Waals surface area (Å²) in [5.74, 6) is -0.380. The van der Waals surface area contributed by atoms with E-state index in [4.69, 9.17) is 13.9 Å². The van der Waals surface area contributed by atoms with E-state index in [1.54, 1.807) is 30.3 Å². The number of aromatic hydroxyl groups is 1. The zero-order valence-electron chi connectivity index (χ0n) is 15.6. The zero-order valence-corrected chi connectivity index (χ0v) is 15.6. The van der Waals surface area contributed by atoms with Gasteiger partial charge >= 0.3 is 0 Å². The number of aliphatic hydroxyl groups excluding tert-OH is 4. The first-order valence-electron chi connectivity index (χ1n) is 9.23. The molecule has 2 aromatic carbocycles. The summed E-state index contributed by atoms with van der Waals surface area (Å²) in [4.78, 5) is 12.5. The van der Waals surface area contributed by atoms with E-state index < -0.39 is 48.5 Å². The van der Waals surface area contributed by atoms with Crippen LogP contribution in [0.4, 0.5) is 0 Å². The van der Waals surface area contributed by atoms with E-state index in [2.05, 4.69) is 0 Å². The van der Waals surface area contributed by atoms with Crippen molar-refractivity contribution in [2.24, 2.45) is 0 Å². The first-order chi connectivity index (χ1) is 14.4. The molecule has 0 amide bonds. The lowest BCUT2D eigenvalue weighted by atomic mass is 9.99. The van der Waals surface area contributed by atoms with Crippen molar-refractivity contribution in [3.05, 3.63) is 58.8 Å². The molecular weight excluding hydrogens is 396 g/mol. The first-order valence-corrected chi connectivity index (χ1v) is 9.23. The van der Waals surface area contributed by atoms with E-state index >= 15 is 0 Å². The number of hydrogen-bond acceptors (Lipinski definition) is 9. The fraction of sp³-hybridized carbons (Fsp3) is 0.286. The fourth-order valence-corrected chi connectivity index (χ4v) is 3.32. The SMILES string of the molecule is O=c1c(O)c(-c2ccccc2)oc2cc(O[C@@H]3O[C@H](CO)[C@@H](O)[C@H](O)[C@H]3O)ccc12. The van der Waals surface area contributed by atoms with Gasteiger partial charge in [0.2, 0.25) is 17.5 Å². The first kappa shape index (κ1) is 20.3. The Morgan fingerprint density at radius 3 is 2.40 bits per heavy atom. The molecule has 1 aliphatic rings. The molecule has 0 radical (unpaired) electrons. The van der Waals surface area contributed by atoms with Crippen molar-refractivity contribution >= 4 is 11.0 Å². The zero-order chi connectivity index (χ0) is 21.4. The van der Waals surface area contributed by atoms with Gasteiger partial charge < -0.3 is 39.4 Å². The van der Waals surface area contributed by atoms with E-state index in [0.29, 0.717) is 5.56 Å². The molecule has 3 aromatic rings. The predicted octanol–water partition coefficient (Wildman–Crippen LogP) is 0.344. The average Bonchev–Trinajstić information content (AvgIpc) is 2.77. The molecule has 5 N–H and O–H groups in total. The van der Waals surface area contributed by atoms with Crippen LogP contribution in [0.1, 0.15) is 0 Å². The van der Waals surface area contributed by atoms with E-state index in [1.165, 1.54) is 18.2 Å². The standard InChI is InChI=1S/C21H20O9/c22-9-14-16(24)17(25)19(27)21(30-14)28-11-6-7-12-13(8-11)29-20(18(26)15(12)23)10-4-2-1-3-5-10/h1-8,14,16-17,19,21-22,24-27H,9H2/t14-,16-,17+,19-,21-/m1/s1. The molecule has 9 heteroatoms. The Morgan fingerprint density at radius 1 is 0.967 bits per heavy atom. The molecule has 9 nitrogen and oxygen atoms in total. The number of rotatable bonds is 4. The molecule has 0 unspecified atom stereocenters. The average molecular weight is 416 g/mol. The van der Waals surface area contributed by atoms with E-state index in [9.17, 15) is 30.3 Å². The maximum absolute atomic E-state index is 12.5. The number of ether oxygens (including phenoxy) is 2. The van der Waals surface area contributed by atoms with Crippen LogP contribution in [0.15, 0.2) is 57.7 Å². The minimum atomic E-state index is -1.58. The summed E-state index contributed by atoms with van der Waals surface area (Å²) < 4.78 is 16.6. The highest BCUT2D eigenvalue weighted by Gasteiger charge is 2.44. The van der Waals surface area contributed by atoms with Crippen LogP contribution in [0, 0.1) is 0 Å². The van der Waals surface area contributed by atoms with E-state index in [0.717, 1.165) is 0 Å². The molecule has 4 rings (SSSR count). The number of fused-ring (bicyclic) bond motifs is 1. The van der Waals surface area contributed by atoms with Crippen molar-refractivity contribution in [1.29, 1.82) is 0 Å². The van der Waals surface area contributed by atoms with Crippen LogP contribution in [0.3, 0.4) is 0 Å². The highest BCUT2D eigenvalue weighted by Crippen LogP contribution is 2.32. The van der Waals surface area contributed by atoms with Crippen LogP contribution in [0.25, 0.3) is 22.3 Å². The normalized spacial score (nSPS) is 26.6. The number of benzene rings is 2. The summed E-state index contributed by atoms with van der Waals surface area (Å²) in [5, 5.41) is 49.5. The highest BCUT2D eigenvalue weighted by atomic mass is 16.7. The number of hydrogen-bond donors (Lipinski definition) is 5.